The molecule has 0 aliphatic heterocycles. The fraction of sp³-hybridized carbons (Fsp3) is 0.431. The summed E-state index contributed by atoms with van der Waals surface area (Å²) < 4.78 is 5.61. The monoisotopic (exact) mass is 945 g/mol. The molecule has 0 aliphatic rings. The van der Waals surface area contributed by atoms with Crippen LogP contribution in [0, 0.1) is 6.92 Å². The molecule has 2 aromatic heterocycles. The Bertz CT molecular complexity index is 2490. The van der Waals surface area contributed by atoms with Crippen molar-refractivity contribution in [3.05, 3.63) is 122 Å². The predicted octanol–water partition coefficient (Wildman–Crippen LogP) is 10.4. The summed E-state index contributed by atoms with van der Waals surface area (Å²) >= 11 is 0. The number of urea groups is 2. The number of nitrogens with zero attached hydrogens (tertiary/aromatic N) is 5. The quantitative estimate of drug-likeness (QED) is 0.0206. The first-order valence-corrected chi connectivity index (χ1v) is 24.1. The van der Waals surface area contributed by atoms with Crippen LogP contribution in [0.5, 0.6) is 5.75 Å². The highest BCUT2D eigenvalue weighted by atomic mass is 16.5. The lowest BCUT2D eigenvalue weighted by molar-refractivity contribution is 0.102. The molecule has 0 bridgehead atoms. The van der Waals surface area contributed by atoms with Crippen LogP contribution in [0.4, 0.5) is 44.2 Å². The SMILES string of the molecule is CCCCC(CC)c1cc(=O)nc(NC(=O)NCCCN(CCCNC(=O)Nc2nc(=O)cc(C(CC)CCCC)[nH]2)c2ccc(/N=N/c3cc(C)c(NC(=O)c4ccccc4)cc3OC)cc2)[nH]1. The minimum Gasteiger partial charge on any atom is -0.494 e. The number of ether oxygens (including phenoxy) is 1. The fourth-order valence-electron chi connectivity index (χ4n) is 7.86. The van der Waals surface area contributed by atoms with Crippen LogP contribution in [0.3, 0.4) is 0 Å². The van der Waals surface area contributed by atoms with Crippen molar-refractivity contribution in [2.24, 2.45) is 10.2 Å². The average Bonchev–Trinajstić information content (AvgIpc) is 3.34. The zero-order chi connectivity index (χ0) is 49.5. The number of methoxy groups -OCH3 is 1. The van der Waals surface area contributed by atoms with E-state index in [0.29, 0.717) is 67.4 Å². The fourth-order valence-corrected chi connectivity index (χ4v) is 7.86. The molecule has 2 atom stereocenters. The lowest BCUT2D eigenvalue weighted by Gasteiger charge is -2.25. The molecule has 18 heteroatoms. The normalized spacial score (nSPS) is 12.0. The number of hydrogen-bond acceptors (Lipinski definition) is 11. The number of benzene rings is 3. The second-order valence-corrected chi connectivity index (χ2v) is 16.9. The smallest absolute Gasteiger partial charge is 0.321 e. The van der Waals surface area contributed by atoms with Gasteiger partial charge in [-0.1, -0.05) is 71.6 Å². The number of rotatable bonds is 26. The zero-order valence-corrected chi connectivity index (χ0v) is 40.7. The van der Waals surface area contributed by atoms with Gasteiger partial charge in [-0.3, -0.25) is 25.0 Å². The maximum Gasteiger partial charge on any atom is 0.321 e. The lowest BCUT2D eigenvalue weighted by Crippen LogP contribution is -2.35. The third kappa shape index (κ3) is 16.7. The van der Waals surface area contributed by atoms with Crippen LogP contribution in [-0.4, -0.2) is 71.2 Å². The number of carbonyl (C=O) groups is 3. The van der Waals surface area contributed by atoms with Crippen molar-refractivity contribution < 1.29 is 19.1 Å². The summed E-state index contributed by atoms with van der Waals surface area (Å²) in [6, 6.07) is 22.1. The number of azo groups is 1. The van der Waals surface area contributed by atoms with E-state index in [2.05, 4.69) is 89.3 Å². The summed E-state index contributed by atoms with van der Waals surface area (Å²) in [5.74, 6) is 0.738. The largest absolute Gasteiger partial charge is 0.494 e. The summed E-state index contributed by atoms with van der Waals surface area (Å²) in [5.41, 5.74) is 4.57. The van der Waals surface area contributed by atoms with Crippen LogP contribution in [-0.2, 0) is 0 Å². The molecule has 2 heterocycles. The molecule has 2 unspecified atom stereocenters. The standard InChI is InChI=1S/C51H68N12O6/c1-7-11-18-35(9-3)41-32-45(64)57-48(55-41)59-50(67)52-26-16-28-63(29-17-27-53-51(68)60-49-56-42(33-46(65)58-49)36(10-4)19-12-8-2)39-24-22-38(23-25-39)61-62-43-30-34(5)40(31-44(43)69-6)54-47(66)37-20-14-13-15-21-37/h13-15,20-25,30-33,35-36H,7-12,16-19,26-29H2,1-6H3,(H,54,66)(H3,52,55,57,59,64,67)(H3,53,56,58,60,65,68)/b62-61+. The van der Waals surface area contributed by atoms with E-state index in [-0.39, 0.29) is 29.6 Å². The molecule has 5 aromatic rings. The van der Waals surface area contributed by atoms with E-state index in [4.69, 9.17) is 4.74 Å². The van der Waals surface area contributed by atoms with E-state index >= 15 is 0 Å². The summed E-state index contributed by atoms with van der Waals surface area (Å²) in [7, 11) is 1.53. The Labute approximate surface area is 404 Å². The van der Waals surface area contributed by atoms with Gasteiger partial charge in [-0.25, -0.2) is 9.59 Å². The predicted molar refractivity (Wildman–Crippen MR) is 273 cm³/mol. The number of hydrogen-bond donors (Lipinski definition) is 7. The number of nitrogens with one attached hydrogen (secondary N) is 7. The van der Waals surface area contributed by atoms with Crippen molar-refractivity contribution in [2.45, 2.75) is 111 Å². The highest BCUT2D eigenvalue weighted by Gasteiger charge is 2.17. The van der Waals surface area contributed by atoms with E-state index in [9.17, 15) is 24.0 Å². The van der Waals surface area contributed by atoms with E-state index in [1.54, 1.807) is 36.4 Å². The van der Waals surface area contributed by atoms with Gasteiger partial charge < -0.3 is 35.6 Å². The number of H-pyrrole nitrogens is 2. The van der Waals surface area contributed by atoms with Gasteiger partial charge in [0, 0.05) is 72.7 Å². The Morgan fingerprint density at radius 1 is 0.681 bits per heavy atom. The Balaban J connectivity index is 1.23. The molecule has 0 saturated carbocycles. The number of unbranched alkanes of at least 4 members (excludes halogenated alkanes) is 2. The zero-order valence-electron chi connectivity index (χ0n) is 40.7. The molecular formula is C51H68N12O6. The van der Waals surface area contributed by atoms with E-state index in [1.807, 2.05) is 37.3 Å². The van der Waals surface area contributed by atoms with Crippen molar-refractivity contribution >= 4 is 52.6 Å². The van der Waals surface area contributed by atoms with Crippen molar-refractivity contribution in [3.8, 4) is 5.75 Å². The van der Waals surface area contributed by atoms with Crippen LogP contribution in [0.1, 0.15) is 131 Å². The summed E-state index contributed by atoms with van der Waals surface area (Å²) in [4.78, 5) is 80.0. The molecule has 5 rings (SSSR count). The number of aromatic nitrogens is 4. The third-order valence-corrected chi connectivity index (χ3v) is 11.7. The highest BCUT2D eigenvalue weighted by molar-refractivity contribution is 6.04. The van der Waals surface area contributed by atoms with Crippen molar-refractivity contribution in [1.82, 2.24) is 30.6 Å². The lowest BCUT2D eigenvalue weighted by atomic mass is 9.96. The maximum atomic E-state index is 13.0. The van der Waals surface area contributed by atoms with Gasteiger partial charge in [-0.05, 0) is 105 Å². The minimum atomic E-state index is -0.487. The van der Waals surface area contributed by atoms with Gasteiger partial charge in [-0.2, -0.15) is 15.1 Å². The number of amides is 5. The second-order valence-electron chi connectivity index (χ2n) is 16.9. The molecule has 7 N–H and O–H groups in total. The number of aryl methyl sites for hydroxylation is 1. The van der Waals surface area contributed by atoms with Crippen molar-refractivity contribution in [1.29, 1.82) is 0 Å². The molecule has 5 amide bonds. The second kappa shape index (κ2) is 27.4. The molecule has 368 valence electrons. The Morgan fingerprint density at radius 3 is 1.71 bits per heavy atom. The van der Waals surface area contributed by atoms with Crippen molar-refractivity contribution in [3.63, 3.8) is 0 Å². The summed E-state index contributed by atoms with van der Waals surface area (Å²) in [6.45, 7) is 12.0. The molecule has 0 fully saturated rings. The van der Waals surface area contributed by atoms with Gasteiger partial charge >= 0.3 is 12.1 Å². The van der Waals surface area contributed by atoms with Gasteiger partial charge in [0.2, 0.25) is 11.9 Å². The van der Waals surface area contributed by atoms with Crippen molar-refractivity contribution in [2.75, 3.05) is 54.1 Å². The molecule has 0 spiro atoms. The van der Waals surface area contributed by atoms with Crippen LogP contribution in [0.15, 0.2) is 98.7 Å². The van der Waals surface area contributed by atoms with Gasteiger partial charge in [0.25, 0.3) is 17.0 Å². The molecule has 0 aliphatic carbocycles. The number of aromatic amines is 2. The van der Waals surface area contributed by atoms with E-state index in [0.717, 1.165) is 74.0 Å². The van der Waals surface area contributed by atoms with Gasteiger partial charge in [0.05, 0.1) is 12.8 Å². The van der Waals surface area contributed by atoms with Gasteiger partial charge in [-0.15, -0.1) is 5.11 Å². The first-order chi connectivity index (χ1) is 33.4. The molecule has 0 saturated heterocycles. The minimum absolute atomic E-state index is 0.102. The van der Waals surface area contributed by atoms with Crippen LogP contribution in [0.2, 0.25) is 0 Å². The maximum absolute atomic E-state index is 13.0. The Kier molecular flexibility index (Phi) is 20.9. The molecule has 3 aromatic carbocycles. The van der Waals surface area contributed by atoms with Crippen LogP contribution < -0.4 is 47.3 Å². The number of anilines is 4. The average molecular weight is 945 g/mol. The Morgan fingerprint density at radius 2 is 1.22 bits per heavy atom. The summed E-state index contributed by atoms with van der Waals surface area (Å²) in [6.07, 6.45) is 8.85. The van der Waals surface area contributed by atoms with E-state index in [1.165, 1.54) is 19.2 Å². The third-order valence-electron chi connectivity index (χ3n) is 11.7. The highest BCUT2D eigenvalue weighted by Crippen LogP contribution is 2.35. The van der Waals surface area contributed by atoms with E-state index < -0.39 is 23.2 Å². The number of carbonyl (C=O) groups excluding carboxylic acids is 3. The molecule has 0 radical (unpaired) electrons. The first kappa shape index (κ1) is 52.6. The van der Waals surface area contributed by atoms with Gasteiger partial charge in [0.1, 0.15) is 11.4 Å². The first-order valence-electron chi connectivity index (χ1n) is 24.1. The molecule has 69 heavy (non-hydrogen) atoms. The topological polar surface area (TPSA) is 240 Å². The molecule has 18 nitrogen and oxygen atoms in total. The molecular weight excluding hydrogens is 877 g/mol. The summed E-state index contributed by atoms with van der Waals surface area (Å²) in [5, 5.41) is 23.0. The Hall–Kier alpha value is -7.37. The van der Waals surface area contributed by atoms with Crippen LogP contribution >= 0.6 is 0 Å². The van der Waals surface area contributed by atoms with Crippen LogP contribution in [0.25, 0.3) is 0 Å². The van der Waals surface area contributed by atoms with Gasteiger partial charge in [0.15, 0.2) is 0 Å².